The molecule has 2 atom stereocenters. The van der Waals surface area contributed by atoms with Gasteiger partial charge in [0.15, 0.2) is 0 Å². The molecule has 0 aliphatic rings. The van der Waals surface area contributed by atoms with Crippen molar-refractivity contribution in [2.75, 3.05) is 0 Å². The summed E-state index contributed by atoms with van der Waals surface area (Å²) in [6, 6.07) is 0. The van der Waals surface area contributed by atoms with E-state index in [-0.39, 0.29) is 0 Å². The Morgan fingerprint density at radius 3 is 2.00 bits per heavy atom. The minimum absolute atomic E-state index is 1.08. The van der Waals surface area contributed by atoms with Crippen LogP contribution in [0.5, 0.6) is 0 Å². The van der Waals surface area contributed by atoms with E-state index >= 15 is 0 Å². The Labute approximate surface area is 93.1 Å². The molecule has 0 saturated heterocycles. The molecular weight excluding hydrogens is 347 g/mol. The molecule has 0 aromatic carbocycles. The molecule has 0 amide bonds. The van der Waals surface area contributed by atoms with Gasteiger partial charge in [-0.3, -0.25) is 4.79 Å². The van der Waals surface area contributed by atoms with Gasteiger partial charge in [0, 0.05) is 6.42 Å². The summed E-state index contributed by atoms with van der Waals surface area (Å²) in [7, 11) is 0. The lowest BCUT2D eigenvalue weighted by atomic mass is 10.2. The van der Waals surface area contributed by atoms with Crippen LogP contribution in [0.25, 0.3) is 0 Å². The highest BCUT2D eigenvalue weighted by Crippen LogP contribution is 2.43. The quantitative estimate of drug-likeness (QED) is 0.432. The van der Waals surface area contributed by atoms with Crippen LogP contribution in [0.4, 0.5) is 17.6 Å². The third-order valence-electron chi connectivity index (χ3n) is 1.10. The van der Waals surface area contributed by atoms with E-state index in [1.807, 2.05) is 15.9 Å². The lowest BCUT2D eigenvalue weighted by molar-refractivity contribution is -0.193. The summed E-state index contributed by atoms with van der Waals surface area (Å²) in [5.41, 5.74) is 0. The molecule has 0 radical (unpaired) electrons. The maximum absolute atomic E-state index is 12.8. The van der Waals surface area contributed by atoms with Crippen LogP contribution >= 0.6 is 43.5 Å². The van der Waals surface area contributed by atoms with E-state index in [1.54, 1.807) is 0 Å². The lowest BCUT2D eigenvalue weighted by Gasteiger charge is -2.22. The summed E-state index contributed by atoms with van der Waals surface area (Å²) in [6.07, 6.45) is -6.19. The van der Waals surface area contributed by atoms with Gasteiger partial charge < -0.3 is 0 Å². The van der Waals surface area contributed by atoms with Gasteiger partial charge in [-0.25, -0.2) is 4.39 Å². The molecule has 2 unspecified atom stereocenters. The van der Waals surface area contributed by atoms with Crippen molar-refractivity contribution in [2.45, 2.75) is 22.0 Å². The van der Waals surface area contributed by atoms with Crippen molar-refractivity contribution in [3.8, 4) is 0 Å². The Morgan fingerprint density at radius 1 is 1.38 bits per heavy atom. The lowest BCUT2D eigenvalue weighted by Crippen LogP contribution is -2.37. The smallest absolute Gasteiger partial charge is 0.280 e. The summed E-state index contributed by atoms with van der Waals surface area (Å²) in [5, 5.41) is -1.08. The number of rotatable bonds is 3. The normalized spacial score (nSPS) is 19.3. The van der Waals surface area contributed by atoms with Crippen LogP contribution in [-0.4, -0.2) is 20.8 Å². The fraction of sp³-hybridized carbons (Fsp3) is 0.800. The minimum Gasteiger partial charge on any atom is -0.280 e. The number of hydrogen-bond acceptors (Lipinski definition) is 1. The van der Waals surface area contributed by atoms with Crippen molar-refractivity contribution in [1.29, 1.82) is 0 Å². The number of hydrogen-bond donors (Lipinski definition) is 0. The van der Waals surface area contributed by atoms with E-state index in [0.29, 0.717) is 0 Å². The molecule has 0 aromatic rings. The fourth-order valence-electron chi connectivity index (χ4n) is 0.421. The van der Waals surface area contributed by atoms with Crippen LogP contribution in [-0.2, 0) is 4.79 Å². The molecule has 0 heterocycles. The first-order valence-electron chi connectivity index (χ1n) is 2.86. The van der Waals surface area contributed by atoms with E-state index in [2.05, 4.69) is 15.9 Å². The highest BCUT2D eigenvalue weighted by atomic mass is 79.9. The molecular formula is C5H3Br2ClF4O. The molecule has 0 rings (SSSR count). The summed E-state index contributed by atoms with van der Waals surface area (Å²) < 4.78 is 44.7. The van der Waals surface area contributed by atoms with Crippen molar-refractivity contribution >= 4 is 48.7 Å². The predicted molar refractivity (Wildman–Crippen MR) is 47.0 cm³/mol. The van der Waals surface area contributed by atoms with Gasteiger partial charge in [0.2, 0.25) is 5.24 Å². The fourth-order valence-corrected chi connectivity index (χ4v) is 1.70. The van der Waals surface area contributed by atoms with E-state index in [0.717, 1.165) is 0 Å². The Hall–Kier alpha value is 0.640. The second-order valence-electron chi connectivity index (χ2n) is 2.18. The van der Waals surface area contributed by atoms with Crippen molar-refractivity contribution in [3.63, 3.8) is 0 Å². The van der Waals surface area contributed by atoms with Crippen LogP contribution in [0.3, 0.4) is 0 Å². The topological polar surface area (TPSA) is 17.1 Å². The zero-order chi connectivity index (χ0) is 10.9. The molecule has 0 aliphatic heterocycles. The first-order valence-corrected chi connectivity index (χ1v) is 4.94. The largest absolute Gasteiger partial charge is 0.432 e. The maximum Gasteiger partial charge on any atom is 0.432 e. The predicted octanol–water partition coefficient (Wildman–Crippen LogP) is 3.53. The van der Waals surface area contributed by atoms with Crippen LogP contribution in [0.1, 0.15) is 6.42 Å². The van der Waals surface area contributed by atoms with Crippen molar-refractivity contribution < 1.29 is 22.4 Å². The molecule has 0 saturated carbocycles. The molecule has 13 heavy (non-hydrogen) atoms. The Bertz CT molecular complexity index is 205. The Kier molecular flexibility index (Phi) is 4.66. The first-order chi connectivity index (χ1) is 5.58. The first kappa shape index (κ1) is 13.6. The van der Waals surface area contributed by atoms with Gasteiger partial charge in [-0.2, -0.15) is 13.2 Å². The second-order valence-corrected chi connectivity index (χ2v) is 4.91. The Morgan fingerprint density at radius 2 is 1.77 bits per heavy atom. The zero-order valence-electron chi connectivity index (χ0n) is 5.84. The second kappa shape index (κ2) is 4.44. The summed E-state index contributed by atoms with van der Waals surface area (Å²) in [6.45, 7) is 0. The monoisotopic (exact) mass is 348 g/mol. The van der Waals surface area contributed by atoms with Crippen LogP contribution in [0.15, 0.2) is 0 Å². The van der Waals surface area contributed by atoms with Gasteiger partial charge in [0.1, 0.15) is 0 Å². The molecule has 0 aromatic heterocycles. The molecule has 78 valence electrons. The van der Waals surface area contributed by atoms with Crippen molar-refractivity contribution in [3.05, 3.63) is 0 Å². The van der Waals surface area contributed by atoms with E-state index in [1.165, 1.54) is 0 Å². The SMILES string of the molecule is O=C(Cl)C(Br)CC(F)(Br)C(F)(F)F. The molecule has 0 aliphatic carbocycles. The highest BCUT2D eigenvalue weighted by Gasteiger charge is 2.55. The third kappa shape index (κ3) is 4.12. The molecule has 0 spiro atoms. The minimum atomic E-state index is -5.08. The summed E-state index contributed by atoms with van der Waals surface area (Å²) in [5.74, 6) is 0. The Balaban J connectivity index is 4.43. The maximum atomic E-state index is 12.8. The van der Waals surface area contributed by atoms with E-state index < -0.39 is 27.2 Å². The van der Waals surface area contributed by atoms with Crippen molar-refractivity contribution in [2.24, 2.45) is 0 Å². The summed E-state index contributed by atoms with van der Waals surface area (Å²) in [4.78, 5) is 8.94. The molecule has 1 nitrogen and oxygen atoms in total. The van der Waals surface area contributed by atoms with Gasteiger partial charge in [-0.15, -0.1) is 0 Å². The molecule has 0 fully saturated rings. The number of halogens is 7. The standard InChI is InChI=1S/C5H3Br2ClF4O/c6-2(3(8)13)1-4(7,9)5(10,11)12/h2H,1H2. The number of carbonyl (C=O) groups excluding carboxylic acids is 1. The third-order valence-corrected chi connectivity index (χ3v) is 3.14. The molecule has 8 heteroatoms. The van der Waals surface area contributed by atoms with E-state index in [4.69, 9.17) is 11.6 Å². The highest BCUT2D eigenvalue weighted by molar-refractivity contribution is 9.10. The number of alkyl halides is 6. The van der Waals surface area contributed by atoms with E-state index in [9.17, 15) is 22.4 Å². The van der Waals surface area contributed by atoms with Gasteiger partial charge in [-0.05, 0) is 27.5 Å². The van der Waals surface area contributed by atoms with Crippen LogP contribution < -0.4 is 0 Å². The van der Waals surface area contributed by atoms with Gasteiger partial charge in [-0.1, -0.05) is 15.9 Å². The molecule has 0 bridgehead atoms. The summed E-state index contributed by atoms with van der Waals surface area (Å²) >= 11 is 9.20. The zero-order valence-corrected chi connectivity index (χ0v) is 9.77. The average Bonchev–Trinajstić information content (AvgIpc) is 1.83. The van der Waals surface area contributed by atoms with Gasteiger partial charge in [0.05, 0.1) is 4.83 Å². The van der Waals surface area contributed by atoms with Gasteiger partial charge >= 0.3 is 6.18 Å². The van der Waals surface area contributed by atoms with Crippen LogP contribution in [0.2, 0.25) is 0 Å². The molecule has 0 N–H and O–H groups in total. The number of carbonyl (C=O) groups is 1. The average molecular weight is 350 g/mol. The van der Waals surface area contributed by atoms with Crippen molar-refractivity contribution in [1.82, 2.24) is 0 Å². The van der Waals surface area contributed by atoms with Gasteiger partial charge in [0.25, 0.3) is 4.58 Å². The van der Waals surface area contributed by atoms with Crippen LogP contribution in [0, 0.1) is 0 Å².